The van der Waals surface area contributed by atoms with E-state index in [1.165, 1.54) is 18.4 Å². The van der Waals surface area contributed by atoms with Crippen LogP contribution in [0, 0.1) is 5.92 Å². The summed E-state index contributed by atoms with van der Waals surface area (Å²) in [5, 5.41) is 3.45. The van der Waals surface area contributed by atoms with Gasteiger partial charge in [0.2, 0.25) is 0 Å². The summed E-state index contributed by atoms with van der Waals surface area (Å²) in [5.41, 5.74) is 1.28. The summed E-state index contributed by atoms with van der Waals surface area (Å²) in [4.78, 5) is 0. The minimum absolute atomic E-state index is 0.678. The van der Waals surface area contributed by atoms with Gasteiger partial charge in [-0.1, -0.05) is 26.0 Å². The lowest BCUT2D eigenvalue weighted by atomic mass is 10.2. The van der Waals surface area contributed by atoms with Gasteiger partial charge in [-0.05, 0) is 71.8 Å². The highest BCUT2D eigenvalue weighted by Crippen LogP contribution is 2.26. The molecule has 0 aliphatic heterocycles. The molecule has 21 heavy (non-hydrogen) atoms. The average Bonchev–Trinajstić information content (AvgIpc) is 2.44. The van der Waals surface area contributed by atoms with E-state index in [-0.39, 0.29) is 0 Å². The molecule has 1 aromatic rings. The van der Waals surface area contributed by atoms with Gasteiger partial charge < -0.3 is 10.1 Å². The normalized spacial score (nSPS) is 10.9. The van der Waals surface area contributed by atoms with E-state index in [0.717, 1.165) is 42.8 Å². The van der Waals surface area contributed by atoms with Crippen LogP contribution in [0.25, 0.3) is 0 Å². The molecule has 0 unspecified atom stereocenters. The lowest BCUT2D eigenvalue weighted by molar-refractivity contribution is 0.303. The molecule has 0 fully saturated rings. The fourth-order valence-corrected chi connectivity index (χ4v) is 2.57. The van der Waals surface area contributed by atoms with Crippen molar-refractivity contribution in [3.05, 3.63) is 40.9 Å². The van der Waals surface area contributed by atoms with Crippen LogP contribution in [0.1, 0.15) is 45.1 Å². The second-order valence-corrected chi connectivity index (χ2v) is 6.63. The van der Waals surface area contributed by atoms with Crippen LogP contribution in [-0.2, 0) is 6.54 Å². The number of hydrogen-bond acceptors (Lipinski definition) is 2. The highest BCUT2D eigenvalue weighted by atomic mass is 79.9. The van der Waals surface area contributed by atoms with E-state index in [0.29, 0.717) is 5.92 Å². The minimum atomic E-state index is 0.678. The molecule has 0 heterocycles. The van der Waals surface area contributed by atoms with Gasteiger partial charge in [0, 0.05) is 6.54 Å². The van der Waals surface area contributed by atoms with Crippen molar-refractivity contribution >= 4 is 15.9 Å². The first-order valence-corrected chi connectivity index (χ1v) is 8.65. The Morgan fingerprint density at radius 2 is 2.10 bits per heavy atom. The predicted octanol–water partition coefficient (Wildman–Crippen LogP) is 5.32. The first kappa shape index (κ1) is 18.2. The van der Waals surface area contributed by atoms with Gasteiger partial charge >= 0.3 is 0 Å². The highest BCUT2D eigenvalue weighted by molar-refractivity contribution is 9.10. The molecule has 1 N–H and O–H groups in total. The van der Waals surface area contributed by atoms with E-state index in [1.54, 1.807) is 0 Å². The zero-order valence-electron chi connectivity index (χ0n) is 13.3. The first-order valence-electron chi connectivity index (χ1n) is 7.86. The van der Waals surface area contributed by atoms with Crippen LogP contribution in [-0.4, -0.2) is 13.2 Å². The van der Waals surface area contributed by atoms with Gasteiger partial charge in [0.1, 0.15) is 5.75 Å². The molecule has 0 bridgehead atoms. The van der Waals surface area contributed by atoms with Crippen LogP contribution >= 0.6 is 15.9 Å². The third-order valence-corrected chi connectivity index (χ3v) is 3.81. The predicted molar refractivity (Wildman–Crippen MR) is 94.8 cm³/mol. The molecule has 0 aliphatic rings. The van der Waals surface area contributed by atoms with Crippen molar-refractivity contribution in [1.29, 1.82) is 0 Å². The summed E-state index contributed by atoms with van der Waals surface area (Å²) in [6.45, 7) is 10.9. The van der Waals surface area contributed by atoms with Crippen LogP contribution in [0.5, 0.6) is 5.75 Å². The van der Waals surface area contributed by atoms with Crippen molar-refractivity contribution in [3.8, 4) is 5.75 Å². The number of ether oxygens (including phenoxy) is 1. The van der Waals surface area contributed by atoms with Gasteiger partial charge in [0.15, 0.2) is 0 Å². The van der Waals surface area contributed by atoms with Gasteiger partial charge in [-0.15, -0.1) is 6.58 Å². The molecule has 0 radical (unpaired) electrons. The highest BCUT2D eigenvalue weighted by Gasteiger charge is 2.03. The molecule has 3 heteroatoms. The van der Waals surface area contributed by atoms with Crippen LogP contribution < -0.4 is 10.1 Å². The third-order valence-electron chi connectivity index (χ3n) is 3.19. The first-order chi connectivity index (χ1) is 10.1. The molecule has 0 amide bonds. The van der Waals surface area contributed by atoms with Crippen molar-refractivity contribution in [2.75, 3.05) is 13.2 Å². The monoisotopic (exact) mass is 353 g/mol. The summed E-state index contributed by atoms with van der Waals surface area (Å²) >= 11 is 3.60. The maximum Gasteiger partial charge on any atom is 0.133 e. The van der Waals surface area contributed by atoms with Crippen molar-refractivity contribution in [2.45, 2.75) is 46.1 Å². The molecule has 1 rings (SSSR count). The Morgan fingerprint density at radius 1 is 1.29 bits per heavy atom. The van der Waals surface area contributed by atoms with Crippen LogP contribution in [0.2, 0.25) is 0 Å². The van der Waals surface area contributed by atoms with Crippen molar-refractivity contribution in [1.82, 2.24) is 5.32 Å². The summed E-state index contributed by atoms with van der Waals surface area (Å²) in [6.07, 6.45) is 6.57. The number of halogens is 1. The smallest absolute Gasteiger partial charge is 0.133 e. The zero-order valence-corrected chi connectivity index (χ0v) is 14.9. The number of benzene rings is 1. The molecule has 118 valence electrons. The lowest BCUT2D eigenvalue weighted by Gasteiger charge is -2.11. The largest absolute Gasteiger partial charge is 0.492 e. The quantitative estimate of drug-likeness (QED) is 0.429. The average molecular weight is 354 g/mol. The molecule has 0 saturated carbocycles. The number of hydrogen-bond donors (Lipinski definition) is 1. The second kappa shape index (κ2) is 10.9. The zero-order chi connectivity index (χ0) is 15.5. The van der Waals surface area contributed by atoms with Gasteiger partial charge in [0.05, 0.1) is 11.1 Å². The van der Waals surface area contributed by atoms with E-state index in [4.69, 9.17) is 4.74 Å². The van der Waals surface area contributed by atoms with E-state index >= 15 is 0 Å². The van der Waals surface area contributed by atoms with Gasteiger partial charge in [-0.2, -0.15) is 0 Å². The molecular weight excluding hydrogens is 326 g/mol. The Hall–Kier alpha value is -0.800. The minimum Gasteiger partial charge on any atom is -0.492 e. The maximum absolute atomic E-state index is 5.82. The van der Waals surface area contributed by atoms with Crippen LogP contribution in [0.3, 0.4) is 0 Å². The van der Waals surface area contributed by atoms with Crippen molar-refractivity contribution < 1.29 is 4.74 Å². The molecule has 0 atom stereocenters. The third kappa shape index (κ3) is 8.27. The van der Waals surface area contributed by atoms with Crippen LogP contribution in [0.4, 0.5) is 0 Å². The Morgan fingerprint density at radius 3 is 2.76 bits per heavy atom. The topological polar surface area (TPSA) is 21.3 Å². The van der Waals surface area contributed by atoms with E-state index in [2.05, 4.69) is 59.9 Å². The fourth-order valence-electron chi connectivity index (χ4n) is 2.03. The SMILES string of the molecule is C=CCCCCCOc1ccc(CNCC(C)C)cc1Br. The summed E-state index contributed by atoms with van der Waals surface area (Å²) < 4.78 is 6.86. The van der Waals surface area contributed by atoms with Crippen LogP contribution in [0.15, 0.2) is 35.3 Å². The van der Waals surface area contributed by atoms with Gasteiger partial charge in [-0.25, -0.2) is 0 Å². The molecule has 0 aliphatic carbocycles. The Balaban J connectivity index is 2.31. The molecule has 0 spiro atoms. The van der Waals surface area contributed by atoms with Gasteiger partial charge in [-0.3, -0.25) is 0 Å². The standard InChI is InChI=1S/C18H28BrNO/c1-4-5-6-7-8-11-21-18-10-9-16(12-17(18)19)14-20-13-15(2)3/h4,9-10,12,15,20H,1,5-8,11,13-14H2,2-3H3. The number of unbranched alkanes of at least 4 members (excludes halogenated alkanes) is 3. The van der Waals surface area contributed by atoms with E-state index < -0.39 is 0 Å². The Bertz CT molecular complexity index is 418. The second-order valence-electron chi connectivity index (χ2n) is 5.78. The Labute approximate surface area is 138 Å². The van der Waals surface area contributed by atoms with Crippen molar-refractivity contribution in [3.63, 3.8) is 0 Å². The molecule has 2 nitrogen and oxygen atoms in total. The lowest BCUT2D eigenvalue weighted by Crippen LogP contribution is -2.18. The van der Waals surface area contributed by atoms with Gasteiger partial charge in [0.25, 0.3) is 0 Å². The number of allylic oxidation sites excluding steroid dienone is 1. The van der Waals surface area contributed by atoms with E-state index in [1.807, 2.05) is 6.08 Å². The summed E-state index contributed by atoms with van der Waals surface area (Å²) in [5.74, 6) is 1.61. The summed E-state index contributed by atoms with van der Waals surface area (Å²) in [7, 11) is 0. The molecule has 0 aromatic heterocycles. The molecular formula is C18H28BrNO. The number of rotatable bonds is 11. The maximum atomic E-state index is 5.82. The van der Waals surface area contributed by atoms with Crippen molar-refractivity contribution in [2.24, 2.45) is 5.92 Å². The molecule has 0 saturated heterocycles. The molecule has 1 aromatic carbocycles. The van der Waals surface area contributed by atoms with E-state index in [9.17, 15) is 0 Å². The summed E-state index contributed by atoms with van der Waals surface area (Å²) in [6, 6.07) is 6.33. The fraction of sp³-hybridized carbons (Fsp3) is 0.556. The number of nitrogens with one attached hydrogen (secondary N) is 1. The Kier molecular flexibility index (Phi) is 9.44.